The van der Waals surface area contributed by atoms with E-state index in [1.165, 1.54) is 39.5 Å². The molecular formula is C12H24N2O2. The van der Waals surface area contributed by atoms with Crippen LogP contribution in [0.25, 0.3) is 0 Å². The zero-order chi connectivity index (χ0) is 12.2. The Hall–Kier alpha value is -0.610. The molecule has 2 N–H and O–H groups in total. The number of nitrogens with one attached hydrogen (secondary N) is 1. The van der Waals surface area contributed by atoms with Crippen LogP contribution in [0.4, 0.5) is 0 Å². The Balaban J connectivity index is 2.17. The van der Waals surface area contributed by atoms with Gasteiger partial charge in [-0.05, 0) is 33.7 Å². The highest BCUT2D eigenvalue weighted by Crippen LogP contribution is 2.21. The summed E-state index contributed by atoms with van der Waals surface area (Å²) in [6.07, 6.45) is 5.20. The van der Waals surface area contributed by atoms with E-state index in [0.717, 1.165) is 6.54 Å². The van der Waals surface area contributed by atoms with Gasteiger partial charge in [-0.3, -0.25) is 4.79 Å². The van der Waals surface area contributed by atoms with Crippen molar-refractivity contribution in [2.24, 2.45) is 0 Å². The van der Waals surface area contributed by atoms with Crippen LogP contribution in [-0.2, 0) is 4.79 Å². The third kappa shape index (κ3) is 4.10. The number of carbonyl (C=O) groups is 1. The van der Waals surface area contributed by atoms with Crippen LogP contribution in [0.2, 0.25) is 0 Å². The van der Waals surface area contributed by atoms with E-state index in [0.29, 0.717) is 12.6 Å². The number of amides is 1. The van der Waals surface area contributed by atoms with E-state index in [-0.39, 0.29) is 5.91 Å². The summed E-state index contributed by atoms with van der Waals surface area (Å²) in [6.45, 7) is 4.47. The molecule has 0 unspecified atom stereocenters. The number of likely N-dealkylation sites (N-methyl/N-ethyl adjacent to an activating group) is 1. The van der Waals surface area contributed by atoms with Crippen molar-refractivity contribution in [1.82, 2.24) is 10.2 Å². The first-order chi connectivity index (χ1) is 7.41. The number of carbonyl (C=O) groups excluding carboxylic acids is 1. The van der Waals surface area contributed by atoms with Crippen molar-refractivity contribution in [1.29, 1.82) is 0 Å². The minimum absolute atomic E-state index is 0.299. The van der Waals surface area contributed by atoms with Crippen LogP contribution in [0, 0.1) is 0 Å². The maximum absolute atomic E-state index is 11.4. The van der Waals surface area contributed by atoms with Crippen molar-refractivity contribution in [3.63, 3.8) is 0 Å². The predicted molar refractivity (Wildman–Crippen MR) is 64.2 cm³/mol. The van der Waals surface area contributed by atoms with E-state index in [2.05, 4.69) is 17.3 Å². The molecule has 1 fully saturated rings. The van der Waals surface area contributed by atoms with Crippen LogP contribution >= 0.6 is 0 Å². The molecule has 1 aliphatic rings. The first-order valence-corrected chi connectivity index (χ1v) is 6.12. The van der Waals surface area contributed by atoms with Crippen molar-refractivity contribution in [2.75, 3.05) is 20.1 Å². The van der Waals surface area contributed by atoms with Crippen LogP contribution in [0.3, 0.4) is 0 Å². The maximum Gasteiger partial charge on any atom is 0.251 e. The van der Waals surface area contributed by atoms with Gasteiger partial charge in [-0.15, -0.1) is 0 Å². The van der Waals surface area contributed by atoms with Crippen molar-refractivity contribution in [3.05, 3.63) is 0 Å². The Morgan fingerprint density at radius 2 is 2.00 bits per heavy atom. The van der Waals surface area contributed by atoms with E-state index in [1.54, 1.807) is 0 Å². The Morgan fingerprint density at radius 3 is 2.50 bits per heavy atom. The highest BCUT2D eigenvalue weighted by Gasteiger charge is 2.23. The lowest BCUT2D eigenvalue weighted by molar-refractivity contribution is -0.136. The van der Waals surface area contributed by atoms with Gasteiger partial charge in [0.05, 0.1) is 0 Å². The molecule has 0 aliphatic heterocycles. The summed E-state index contributed by atoms with van der Waals surface area (Å²) in [5, 5.41) is 12.2. The average molecular weight is 228 g/mol. The molecule has 0 bridgehead atoms. The van der Waals surface area contributed by atoms with Gasteiger partial charge in [0.25, 0.3) is 5.91 Å². The third-order valence-corrected chi connectivity index (χ3v) is 3.25. The molecule has 1 rings (SSSR count). The second-order valence-corrected chi connectivity index (χ2v) is 5.23. The molecule has 0 aromatic carbocycles. The zero-order valence-electron chi connectivity index (χ0n) is 10.6. The second kappa shape index (κ2) is 5.64. The highest BCUT2D eigenvalue weighted by molar-refractivity contribution is 5.83. The smallest absolute Gasteiger partial charge is 0.251 e. The van der Waals surface area contributed by atoms with Gasteiger partial charge in [0.2, 0.25) is 0 Å². The maximum atomic E-state index is 11.4. The van der Waals surface area contributed by atoms with Gasteiger partial charge in [-0.1, -0.05) is 12.8 Å². The largest absolute Gasteiger partial charge is 0.381 e. The minimum atomic E-state index is -1.27. The molecule has 0 aromatic heterocycles. The number of hydrogen-bond acceptors (Lipinski definition) is 3. The average Bonchev–Trinajstić information content (AvgIpc) is 2.68. The van der Waals surface area contributed by atoms with E-state index in [9.17, 15) is 9.90 Å². The lowest BCUT2D eigenvalue weighted by Crippen LogP contribution is -2.45. The van der Waals surface area contributed by atoms with Crippen LogP contribution in [-0.4, -0.2) is 47.7 Å². The molecular weight excluding hydrogens is 204 g/mol. The van der Waals surface area contributed by atoms with Crippen molar-refractivity contribution >= 4 is 5.91 Å². The first kappa shape index (κ1) is 13.5. The van der Waals surface area contributed by atoms with E-state index in [1.807, 2.05) is 0 Å². The first-order valence-electron chi connectivity index (χ1n) is 6.12. The summed E-state index contributed by atoms with van der Waals surface area (Å²) in [4.78, 5) is 13.7. The topological polar surface area (TPSA) is 52.6 Å². The van der Waals surface area contributed by atoms with Gasteiger partial charge in [-0.2, -0.15) is 0 Å². The second-order valence-electron chi connectivity index (χ2n) is 5.23. The van der Waals surface area contributed by atoms with E-state index in [4.69, 9.17) is 0 Å². The Morgan fingerprint density at radius 1 is 1.44 bits per heavy atom. The summed E-state index contributed by atoms with van der Waals surface area (Å²) in [5.41, 5.74) is -1.27. The van der Waals surface area contributed by atoms with Crippen molar-refractivity contribution < 1.29 is 9.90 Å². The molecule has 0 radical (unpaired) electrons. The number of hydrogen-bond donors (Lipinski definition) is 2. The molecule has 94 valence electrons. The number of aliphatic hydroxyl groups is 1. The summed E-state index contributed by atoms with van der Waals surface area (Å²) in [6, 6.07) is 0.680. The van der Waals surface area contributed by atoms with Gasteiger partial charge in [-0.25, -0.2) is 0 Å². The van der Waals surface area contributed by atoms with Gasteiger partial charge < -0.3 is 15.3 Å². The SMILES string of the molecule is CN(CCNC(=O)C(C)(C)O)C1CCCC1. The summed E-state index contributed by atoms with van der Waals surface area (Å²) >= 11 is 0. The number of nitrogens with zero attached hydrogens (tertiary/aromatic N) is 1. The van der Waals surface area contributed by atoms with Crippen LogP contribution < -0.4 is 5.32 Å². The molecule has 4 nitrogen and oxygen atoms in total. The fourth-order valence-electron chi connectivity index (χ4n) is 2.09. The van der Waals surface area contributed by atoms with Crippen molar-refractivity contribution in [2.45, 2.75) is 51.2 Å². The normalized spacial score (nSPS) is 18.1. The molecule has 1 amide bonds. The molecule has 16 heavy (non-hydrogen) atoms. The number of rotatable bonds is 5. The lowest BCUT2D eigenvalue weighted by atomic mass is 10.1. The standard InChI is InChI=1S/C12H24N2O2/c1-12(2,16)11(15)13-8-9-14(3)10-6-4-5-7-10/h10,16H,4-9H2,1-3H3,(H,13,15). The van der Waals surface area contributed by atoms with Gasteiger partial charge in [0.1, 0.15) is 5.60 Å². The highest BCUT2D eigenvalue weighted by atomic mass is 16.3. The van der Waals surface area contributed by atoms with Crippen molar-refractivity contribution in [3.8, 4) is 0 Å². The zero-order valence-corrected chi connectivity index (χ0v) is 10.6. The predicted octanol–water partition coefficient (Wildman–Crippen LogP) is 0.748. The molecule has 0 spiro atoms. The lowest BCUT2D eigenvalue weighted by Gasteiger charge is -2.24. The van der Waals surface area contributed by atoms with Crippen LogP contribution in [0.1, 0.15) is 39.5 Å². The molecule has 0 atom stereocenters. The molecule has 1 aliphatic carbocycles. The quantitative estimate of drug-likeness (QED) is 0.730. The Bertz CT molecular complexity index is 230. The molecule has 0 heterocycles. The molecule has 0 aromatic rings. The van der Waals surface area contributed by atoms with Gasteiger partial charge >= 0.3 is 0 Å². The fraction of sp³-hybridized carbons (Fsp3) is 0.917. The van der Waals surface area contributed by atoms with E-state index < -0.39 is 5.60 Å². The summed E-state index contributed by atoms with van der Waals surface area (Å²) in [5.74, 6) is -0.299. The van der Waals surface area contributed by atoms with E-state index >= 15 is 0 Å². The Labute approximate surface area is 98.0 Å². The molecule has 4 heteroatoms. The van der Waals surface area contributed by atoms with Gasteiger partial charge in [0, 0.05) is 19.1 Å². The Kier molecular flexibility index (Phi) is 4.74. The van der Waals surface area contributed by atoms with Crippen LogP contribution in [0.15, 0.2) is 0 Å². The summed E-state index contributed by atoms with van der Waals surface area (Å²) in [7, 11) is 2.10. The fourth-order valence-corrected chi connectivity index (χ4v) is 2.09. The minimum Gasteiger partial charge on any atom is -0.381 e. The van der Waals surface area contributed by atoms with Gasteiger partial charge in [0.15, 0.2) is 0 Å². The monoisotopic (exact) mass is 228 g/mol. The summed E-state index contributed by atoms with van der Waals surface area (Å²) < 4.78 is 0. The van der Waals surface area contributed by atoms with Crippen LogP contribution in [0.5, 0.6) is 0 Å². The molecule has 0 saturated heterocycles. The molecule has 1 saturated carbocycles. The third-order valence-electron chi connectivity index (χ3n) is 3.25.